The Morgan fingerprint density at radius 1 is 1.50 bits per heavy atom. The van der Waals surface area contributed by atoms with Gasteiger partial charge in [-0.3, -0.25) is 0 Å². The topological polar surface area (TPSA) is 0 Å². The third-order valence-corrected chi connectivity index (χ3v) is 1.56. The molecule has 1 saturated carbocycles. The predicted molar refractivity (Wildman–Crippen MR) is 27.3 cm³/mol. The van der Waals surface area contributed by atoms with Gasteiger partial charge in [0, 0.05) is 0 Å². The van der Waals surface area contributed by atoms with E-state index >= 15 is 0 Å². The highest BCUT2D eigenvalue weighted by Crippen LogP contribution is 2.38. The van der Waals surface area contributed by atoms with Gasteiger partial charge in [-0.2, -0.15) is 0 Å². The van der Waals surface area contributed by atoms with E-state index in [9.17, 15) is 0 Å². The molecule has 34 valence electrons. The Kier molecular flexibility index (Phi) is 0.624. The Hall–Kier alpha value is -0.130. The SMILES string of the molecule is [CH2+]C1(C)CCC1. The zero-order valence-corrected chi connectivity index (χ0v) is 4.33. The summed E-state index contributed by atoms with van der Waals surface area (Å²) in [5.74, 6) is 0. The van der Waals surface area contributed by atoms with Crippen LogP contribution in [0.3, 0.4) is 0 Å². The predicted octanol–water partition coefficient (Wildman–Crippen LogP) is 2.01. The third kappa shape index (κ3) is 0.515. The molecule has 0 atom stereocenters. The van der Waals surface area contributed by atoms with Crippen LogP contribution in [0.2, 0.25) is 0 Å². The summed E-state index contributed by atoms with van der Waals surface area (Å²) in [6.07, 6.45) is 4.08. The molecule has 0 aliphatic heterocycles. The first-order valence-electron chi connectivity index (χ1n) is 2.56. The van der Waals surface area contributed by atoms with Crippen molar-refractivity contribution in [2.45, 2.75) is 26.2 Å². The molecule has 0 nitrogen and oxygen atoms in total. The molecule has 0 heterocycles. The van der Waals surface area contributed by atoms with E-state index in [1.165, 1.54) is 19.3 Å². The monoisotopic (exact) mass is 83.1 g/mol. The normalized spacial score (nSPS) is 28.8. The summed E-state index contributed by atoms with van der Waals surface area (Å²) >= 11 is 0. The third-order valence-electron chi connectivity index (χ3n) is 1.56. The summed E-state index contributed by atoms with van der Waals surface area (Å²) in [6.45, 7) is 6.19. The van der Waals surface area contributed by atoms with Gasteiger partial charge in [0.15, 0.2) is 0 Å². The Bertz CT molecular complexity index is 47.1. The van der Waals surface area contributed by atoms with Crippen molar-refractivity contribution < 1.29 is 0 Å². The first-order chi connectivity index (χ1) is 2.71. The highest BCUT2D eigenvalue weighted by Gasteiger charge is 2.32. The minimum Gasteiger partial charge on any atom is -0.0441 e. The second-order valence-electron chi connectivity index (χ2n) is 2.66. The van der Waals surface area contributed by atoms with Gasteiger partial charge in [0.05, 0.1) is 6.92 Å². The molecule has 1 aliphatic rings. The fourth-order valence-electron chi connectivity index (χ4n) is 0.780. The second-order valence-corrected chi connectivity index (χ2v) is 2.66. The zero-order valence-electron chi connectivity index (χ0n) is 4.33. The summed E-state index contributed by atoms with van der Waals surface area (Å²) in [4.78, 5) is 0. The van der Waals surface area contributed by atoms with Crippen molar-refractivity contribution in [1.82, 2.24) is 0 Å². The second kappa shape index (κ2) is 0.927. The molecule has 6 heavy (non-hydrogen) atoms. The Morgan fingerprint density at radius 3 is 1.83 bits per heavy atom. The lowest BCUT2D eigenvalue weighted by atomic mass is 9.72. The molecule has 0 radical (unpaired) electrons. The first kappa shape index (κ1) is 4.04. The molecule has 1 aliphatic carbocycles. The van der Waals surface area contributed by atoms with E-state index in [0.29, 0.717) is 5.41 Å². The summed E-state index contributed by atoms with van der Waals surface area (Å²) in [5.41, 5.74) is 0.472. The maximum atomic E-state index is 3.98. The molecule has 0 N–H and O–H groups in total. The van der Waals surface area contributed by atoms with Crippen molar-refractivity contribution in [3.05, 3.63) is 6.92 Å². The van der Waals surface area contributed by atoms with Crippen molar-refractivity contribution in [3.63, 3.8) is 0 Å². The van der Waals surface area contributed by atoms with E-state index in [2.05, 4.69) is 13.8 Å². The van der Waals surface area contributed by atoms with Crippen molar-refractivity contribution in [2.24, 2.45) is 5.41 Å². The molecule has 0 aromatic rings. The number of rotatable bonds is 0. The molecular weight excluding hydrogens is 72.1 g/mol. The van der Waals surface area contributed by atoms with Gasteiger partial charge >= 0.3 is 0 Å². The summed E-state index contributed by atoms with van der Waals surface area (Å²) in [6, 6.07) is 0. The van der Waals surface area contributed by atoms with Gasteiger partial charge in [-0.1, -0.05) is 0 Å². The van der Waals surface area contributed by atoms with Gasteiger partial charge < -0.3 is 0 Å². The first-order valence-corrected chi connectivity index (χ1v) is 2.56. The molecule has 0 bridgehead atoms. The smallest absolute Gasteiger partial charge is 0.0441 e. The lowest BCUT2D eigenvalue weighted by Gasteiger charge is -2.26. The maximum absolute atomic E-state index is 3.98. The van der Waals surface area contributed by atoms with E-state index in [4.69, 9.17) is 0 Å². The van der Waals surface area contributed by atoms with E-state index in [0.717, 1.165) is 0 Å². The van der Waals surface area contributed by atoms with E-state index in [1.807, 2.05) is 0 Å². The number of hydrogen-bond acceptors (Lipinski definition) is 0. The van der Waals surface area contributed by atoms with Crippen LogP contribution < -0.4 is 0 Å². The molecule has 0 amide bonds. The van der Waals surface area contributed by atoms with Crippen LogP contribution in [0.1, 0.15) is 26.2 Å². The molecule has 0 spiro atoms. The molecule has 0 aromatic carbocycles. The highest BCUT2D eigenvalue weighted by molar-refractivity contribution is 4.84. The van der Waals surface area contributed by atoms with Gasteiger partial charge in [0.2, 0.25) is 0 Å². The molecule has 1 rings (SSSR count). The minimum atomic E-state index is 0.472. The summed E-state index contributed by atoms with van der Waals surface area (Å²) in [5, 5.41) is 0. The van der Waals surface area contributed by atoms with Gasteiger partial charge in [0.1, 0.15) is 5.41 Å². The average molecular weight is 83.2 g/mol. The Labute approximate surface area is 39.6 Å². The van der Waals surface area contributed by atoms with Crippen molar-refractivity contribution in [3.8, 4) is 0 Å². The lowest BCUT2D eigenvalue weighted by molar-refractivity contribution is 0.230. The van der Waals surface area contributed by atoms with Crippen LogP contribution in [0.5, 0.6) is 0 Å². The zero-order chi connectivity index (χ0) is 4.62. The van der Waals surface area contributed by atoms with E-state index < -0.39 is 0 Å². The standard InChI is InChI=1S/C6H11/c1-6(2)4-3-5-6/h1,3-5H2,2H3/q+1. The molecular formula is C6H11+. The van der Waals surface area contributed by atoms with Crippen LogP contribution >= 0.6 is 0 Å². The van der Waals surface area contributed by atoms with Crippen molar-refractivity contribution in [1.29, 1.82) is 0 Å². The van der Waals surface area contributed by atoms with Crippen LogP contribution in [-0.2, 0) is 0 Å². The van der Waals surface area contributed by atoms with Crippen LogP contribution in [-0.4, -0.2) is 0 Å². The van der Waals surface area contributed by atoms with E-state index in [1.54, 1.807) is 0 Å². The summed E-state index contributed by atoms with van der Waals surface area (Å²) in [7, 11) is 0. The van der Waals surface area contributed by atoms with Crippen molar-refractivity contribution >= 4 is 0 Å². The fourth-order valence-corrected chi connectivity index (χ4v) is 0.780. The fraction of sp³-hybridized carbons (Fsp3) is 0.833. The van der Waals surface area contributed by atoms with Gasteiger partial charge in [0.25, 0.3) is 0 Å². The lowest BCUT2D eigenvalue weighted by Crippen LogP contribution is -2.20. The Balaban J connectivity index is 2.31. The van der Waals surface area contributed by atoms with Gasteiger partial charge in [-0.05, 0) is 26.2 Å². The largest absolute Gasteiger partial charge is 0.103 e. The van der Waals surface area contributed by atoms with Crippen LogP contribution in [0.4, 0.5) is 0 Å². The molecule has 1 fully saturated rings. The van der Waals surface area contributed by atoms with Crippen LogP contribution in [0.15, 0.2) is 0 Å². The minimum absolute atomic E-state index is 0.472. The molecule has 0 aromatic heterocycles. The maximum Gasteiger partial charge on any atom is 0.103 e. The van der Waals surface area contributed by atoms with Crippen LogP contribution in [0, 0.1) is 12.3 Å². The summed E-state index contributed by atoms with van der Waals surface area (Å²) < 4.78 is 0. The van der Waals surface area contributed by atoms with Gasteiger partial charge in [-0.15, -0.1) is 0 Å². The van der Waals surface area contributed by atoms with Crippen LogP contribution in [0.25, 0.3) is 0 Å². The quantitative estimate of drug-likeness (QED) is 0.393. The number of hydrogen-bond donors (Lipinski definition) is 0. The van der Waals surface area contributed by atoms with Gasteiger partial charge in [-0.25, -0.2) is 0 Å². The van der Waals surface area contributed by atoms with Crippen molar-refractivity contribution in [2.75, 3.05) is 0 Å². The molecule has 0 unspecified atom stereocenters. The highest BCUT2D eigenvalue weighted by atomic mass is 14.3. The average Bonchev–Trinajstić information content (AvgIpc) is 1.32. The molecule has 0 heteroatoms. The Morgan fingerprint density at radius 2 is 1.83 bits per heavy atom. The van der Waals surface area contributed by atoms with E-state index in [-0.39, 0.29) is 0 Å². The molecule has 0 saturated heterocycles.